The molecule has 12 aromatic rings. The van der Waals surface area contributed by atoms with Crippen LogP contribution in [0.4, 0.5) is 4.39 Å². The summed E-state index contributed by atoms with van der Waals surface area (Å²) in [5, 5.41) is 0. The van der Waals surface area contributed by atoms with Crippen LogP contribution in [-0.2, 0) is 37.4 Å². The van der Waals surface area contributed by atoms with Gasteiger partial charge >= 0.3 is 0 Å². The van der Waals surface area contributed by atoms with Gasteiger partial charge in [0.15, 0.2) is 18.6 Å². The molecule has 0 N–H and O–H groups in total. The smallest absolute Gasteiger partial charge is 0.212 e. The standard InChI is InChI=1S/2C28H27N2.C27H24FN2/c2*1-18-14-25-23(21-12-9-13-29-27(21)28(25,3)4)16-22(18)26-15-19(2)24(17-30(26)5)20-10-7-6-8-11-20;1-17-14-24-23(21-6-5-13-29-26(21)27(24,2)3)15-22(17)25-12-9-19(16-30(25)4)18-7-10-20(28)11-8-18/h2*6-17H,1-5H3;5-16H,1-4H3/q3*+1. The zero-order valence-electron chi connectivity index (χ0n) is 54.3. The minimum atomic E-state index is -0.216. The minimum absolute atomic E-state index is 0.0650. The first-order valence-corrected chi connectivity index (χ1v) is 31.3. The Morgan fingerprint density at radius 3 is 0.989 bits per heavy atom. The molecule has 90 heavy (non-hydrogen) atoms. The van der Waals surface area contributed by atoms with Crippen LogP contribution in [0.2, 0.25) is 0 Å². The van der Waals surface area contributed by atoms with Crippen LogP contribution in [0.15, 0.2) is 219 Å². The van der Waals surface area contributed by atoms with Crippen LogP contribution in [0.3, 0.4) is 0 Å². The van der Waals surface area contributed by atoms with E-state index < -0.39 is 0 Å². The molecule has 6 aromatic heterocycles. The molecule has 0 radical (unpaired) electrons. The molecule has 0 atom stereocenters. The molecule has 6 aromatic carbocycles. The predicted molar refractivity (Wildman–Crippen MR) is 365 cm³/mol. The topological polar surface area (TPSA) is 50.3 Å². The summed E-state index contributed by atoms with van der Waals surface area (Å²) in [6, 6.07) is 63.6. The molecule has 6 nitrogen and oxygen atoms in total. The average Bonchev–Trinajstić information content (AvgIpc) is 1.59. The van der Waals surface area contributed by atoms with Crippen LogP contribution in [0, 0.1) is 40.4 Å². The highest BCUT2D eigenvalue weighted by Crippen LogP contribution is 2.52. The lowest BCUT2D eigenvalue weighted by atomic mass is 9.83. The van der Waals surface area contributed by atoms with Gasteiger partial charge in [-0.25, -0.2) is 18.1 Å². The van der Waals surface area contributed by atoms with Crippen LogP contribution < -0.4 is 13.7 Å². The summed E-state index contributed by atoms with van der Waals surface area (Å²) in [4.78, 5) is 14.2. The molecule has 7 heteroatoms. The zero-order valence-corrected chi connectivity index (χ0v) is 54.3. The average molecular weight is 1180 g/mol. The molecule has 0 saturated heterocycles. The molecule has 0 amide bonds. The normalized spacial score (nSPS) is 13.8. The Balaban J connectivity index is 0.000000124. The summed E-state index contributed by atoms with van der Waals surface area (Å²) in [5.41, 5.74) is 36.0. The van der Waals surface area contributed by atoms with E-state index in [2.05, 4.69) is 269 Å². The van der Waals surface area contributed by atoms with Gasteiger partial charge in [0.1, 0.15) is 27.0 Å². The second-order valence-corrected chi connectivity index (χ2v) is 26.6. The third-order valence-electron chi connectivity index (χ3n) is 19.5. The van der Waals surface area contributed by atoms with E-state index in [0.717, 1.165) is 22.5 Å². The summed E-state index contributed by atoms with van der Waals surface area (Å²) in [6.07, 6.45) is 12.3. The summed E-state index contributed by atoms with van der Waals surface area (Å²) in [5.74, 6) is -0.216. The number of benzene rings is 6. The Morgan fingerprint density at radius 1 is 0.289 bits per heavy atom. The van der Waals surface area contributed by atoms with Gasteiger partial charge in [-0.1, -0.05) is 151 Å². The zero-order chi connectivity index (χ0) is 63.1. The van der Waals surface area contributed by atoms with Crippen molar-refractivity contribution in [1.82, 2.24) is 15.0 Å². The monoisotopic (exact) mass is 1180 g/mol. The molecule has 0 spiro atoms. The SMILES string of the molecule is Cc1cc(-c2cc3c(cc2C)C(C)(C)c2ncccc2-3)[n+](C)cc1-c1ccccc1.Cc1cc(-c2cc3c(cc2C)C(C)(C)c2ncccc2-3)[n+](C)cc1-c1ccccc1.Cc1cc2c(cc1-c1ccc(-c3ccc(F)cc3)c[n+]1C)-c1cccnc1C2(C)C. The Kier molecular flexibility index (Phi) is 14.9. The molecule has 15 rings (SSSR count). The maximum atomic E-state index is 13.3. The fourth-order valence-electron chi connectivity index (χ4n) is 14.5. The number of hydrogen-bond acceptors (Lipinski definition) is 3. The lowest BCUT2D eigenvalue weighted by Gasteiger charge is -2.21. The van der Waals surface area contributed by atoms with Crippen LogP contribution in [0.5, 0.6) is 0 Å². The second-order valence-electron chi connectivity index (χ2n) is 26.6. The van der Waals surface area contributed by atoms with Crippen LogP contribution in [-0.4, -0.2) is 15.0 Å². The lowest BCUT2D eigenvalue weighted by molar-refractivity contribution is -0.660. The third kappa shape index (κ3) is 10.1. The molecule has 0 aliphatic heterocycles. The quantitative estimate of drug-likeness (QED) is 0.156. The molecule has 0 unspecified atom stereocenters. The first-order chi connectivity index (χ1) is 43.1. The van der Waals surface area contributed by atoms with E-state index in [0.29, 0.717) is 0 Å². The van der Waals surface area contributed by atoms with E-state index in [1.165, 1.54) is 152 Å². The largest absolute Gasteiger partial charge is 0.260 e. The summed E-state index contributed by atoms with van der Waals surface area (Å²) in [6.45, 7) is 24.7. The maximum Gasteiger partial charge on any atom is 0.212 e. The van der Waals surface area contributed by atoms with Crippen molar-refractivity contribution >= 4 is 0 Å². The molecular formula is C83H78FN6+3. The second kappa shape index (κ2) is 22.6. The van der Waals surface area contributed by atoms with Gasteiger partial charge in [-0.15, -0.1) is 0 Å². The molecule has 0 saturated carbocycles. The number of pyridine rings is 6. The van der Waals surface area contributed by atoms with Gasteiger partial charge in [-0.3, -0.25) is 15.0 Å². The summed E-state index contributed by atoms with van der Waals surface area (Å²) >= 11 is 0. The van der Waals surface area contributed by atoms with Crippen molar-refractivity contribution in [2.45, 2.75) is 92.4 Å². The third-order valence-corrected chi connectivity index (χ3v) is 19.5. The first-order valence-electron chi connectivity index (χ1n) is 31.3. The van der Waals surface area contributed by atoms with Gasteiger partial charge in [-0.2, -0.15) is 0 Å². The number of halogens is 1. The van der Waals surface area contributed by atoms with E-state index in [-0.39, 0.29) is 22.1 Å². The van der Waals surface area contributed by atoms with Gasteiger partial charge in [-0.05, 0) is 167 Å². The molecule has 0 fully saturated rings. The van der Waals surface area contributed by atoms with Crippen molar-refractivity contribution in [3.05, 3.63) is 287 Å². The Labute approximate surface area is 530 Å². The van der Waals surface area contributed by atoms with Crippen LogP contribution >= 0.6 is 0 Å². The number of fused-ring (bicyclic) bond motifs is 9. The van der Waals surface area contributed by atoms with Gasteiger partial charge in [0.25, 0.3) is 0 Å². The minimum Gasteiger partial charge on any atom is -0.260 e. The Hall–Kier alpha value is -9.85. The van der Waals surface area contributed by atoms with Gasteiger partial charge in [0, 0.05) is 103 Å². The Bertz CT molecular complexity index is 4620. The van der Waals surface area contributed by atoms with Gasteiger partial charge in [0.2, 0.25) is 17.1 Å². The predicted octanol–water partition coefficient (Wildman–Crippen LogP) is 18.3. The lowest BCUT2D eigenvalue weighted by Crippen LogP contribution is -2.31. The molecule has 0 bridgehead atoms. The number of aryl methyl sites for hydroxylation is 8. The van der Waals surface area contributed by atoms with Crippen molar-refractivity contribution in [3.63, 3.8) is 0 Å². The van der Waals surface area contributed by atoms with Gasteiger partial charge in [0.05, 0.1) is 17.1 Å². The van der Waals surface area contributed by atoms with Crippen molar-refractivity contribution in [2.75, 3.05) is 0 Å². The highest BCUT2D eigenvalue weighted by atomic mass is 19.1. The van der Waals surface area contributed by atoms with Crippen molar-refractivity contribution in [3.8, 4) is 101 Å². The number of aromatic nitrogens is 6. The first kappa shape index (κ1) is 59.1. The van der Waals surface area contributed by atoms with E-state index in [1.54, 1.807) is 0 Å². The van der Waals surface area contributed by atoms with E-state index in [9.17, 15) is 4.39 Å². The highest BCUT2D eigenvalue weighted by Gasteiger charge is 2.41. The number of hydrogen-bond donors (Lipinski definition) is 0. The fraction of sp³-hybridized carbons (Fsp3) is 0.205. The van der Waals surface area contributed by atoms with E-state index >= 15 is 0 Å². The van der Waals surface area contributed by atoms with E-state index in [4.69, 9.17) is 15.0 Å². The molecule has 3 aliphatic rings. The van der Waals surface area contributed by atoms with Gasteiger partial charge < -0.3 is 0 Å². The van der Waals surface area contributed by atoms with Crippen LogP contribution in [0.25, 0.3) is 101 Å². The van der Waals surface area contributed by atoms with Crippen molar-refractivity contribution in [1.29, 1.82) is 0 Å². The van der Waals surface area contributed by atoms with E-state index in [1.807, 2.05) is 48.9 Å². The Morgan fingerprint density at radius 2 is 0.622 bits per heavy atom. The maximum absolute atomic E-state index is 13.3. The molecule has 3 aliphatic carbocycles. The number of nitrogens with zero attached hydrogens (tertiary/aromatic N) is 6. The van der Waals surface area contributed by atoms with Crippen molar-refractivity contribution in [2.24, 2.45) is 21.1 Å². The summed E-state index contributed by atoms with van der Waals surface area (Å²) in [7, 11) is 6.36. The van der Waals surface area contributed by atoms with Crippen molar-refractivity contribution < 1.29 is 18.1 Å². The van der Waals surface area contributed by atoms with Crippen LogP contribution in [0.1, 0.15) is 103 Å². The molecular weight excluding hydrogens is 1100 g/mol. The summed E-state index contributed by atoms with van der Waals surface area (Å²) < 4.78 is 19.9. The fourth-order valence-corrected chi connectivity index (χ4v) is 14.5. The highest BCUT2D eigenvalue weighted by molar-refractivity contribution is 5.87. The molecule has 6 heterocycles. The molecule has 444 valence electrons. The number of rotatable bonds is 6.